The fourth-order valence-electron chi connectivity index (χ4n) is 5.86. The monoisotopic (exact) mass is 518 g/mol. The van der Waals surface area contributed by atoms with Gasteiger partial charge in [0.15, 0.2) is 5.60 Å². The minimum atomic E-state index is -0.827. The molecule has 3 atom stereocenters. The van der Waals surface area contributed by atoms with Gasteiger partial charge in [-0.25, -0.2) is 0 Å². The number of carbonyl (C=O) groups excluding carboxylic acids is 3. The molecule has 3 amide bonds. The van der Waals surface area contributed by atoms with Crippen molar-refractivity contribution in [2.45, 2.75) is 103 Å². The Morgan fingerprint density at radius 3 is 2.64 bits per heavy atom. The number of nitrogens with zero attached hydrogens (tertiary/aromatic N) is 2. The average molecular weight is 519 g/mol. The Balaban J connectivity index is 1.48. The van der Waals surface area contributed by atoms with Gasteiger partial charge in [-0.1, -0.05) is 62.9 Å². The highest BCUT2D eigenvalue weighted by Crippen LogP contribution is 2.40. The van der Waals surface area contributed by atoms with E-state index in [-0.39, 0.29) is 24.8 Å². The first-order valence-corrected chi connectivity index (χ1v) is 13.6. The molecule has 1 saturated carbocycles. The number of hydrogen-bond donors (Lipinski definition) is 2. The molecule has 4 aliphatic rings. The lowest BCUT2D eigenvalue weighted by molar-refractivity contribution is -0.143. The fourth-order valence-corrected chi connectivity index (χ4v) is 6.09. The zero-order valence-electron chi connectivity index (χ0n) is 21.6. The maximum absolute atomic E-state index is 13.9. The van der Waals surface area contributed by atoms with Gasteiger partial charge in [-0.05, 0) is 48.7 Å². The number of nitrogens with one attached hydrogen (secondary N) is 1. The predicted octanol–water partition coefficient (Wildman–Crippen LogP) is 3.93. The third-order valence-electron chi connectivity index (χ3n) is 7.86. The summed E-state index contributed by atoms with van der Waals surface area (Å²) in [4.78, 5) is 46.7. The standard InChI is InChI=1S/C27H39ClN4O4/c1-26(2,3)23(30-22(33)12-17-8-5-4-6-9-17)25(35)32-16-27(15-21(32)24(29)34)14-20(31-36-27)18-10-7-11-19(28)13-18/h10,13,17,21,23H,4-9,11-12,14-16H2,1-3H3,(H2,29,34)(H,30,33)/t21-,23+,27+/m0/s1. The molecule has 4 rings (SSSR count). The van der Waals surface area contributed by atoms with Gasteiger partial charge < -0.3 is 20.8 Å². The van der Waals surface area contributed by atoms with Crippen molar-refractivity contribution in [2.75, 3.05) is 6.54 Å². The van der Waals surface area contributed by atoms with Crippen molar-refractivity contribution in [1.29, 1.82) is 0 Å². The minimum absolute atomic E-state index is 0.115. The Morgan fingerprint density at radius 1 is 1.28 bits per heavy atom. The maximum atomic E-state index is 13.9. The molecular formula is C27H39ClN4O4. The van der Waals surface area contributed by atoms with Crippen molar-refractivity contribution in [3.05, 3.63) is 22.8 Å². The van der Waals surface area contributed by atoms with Crippen LogP contribution in [0.25, 0.3) is 0 Å². The second kappa shape index (κ2) is 10.6. The molecule has 1 spiro atoms. The van der Waals surface area contributed by atoms with Crippen LogP contribution in [0.1, 0.15) is 85.0 Å². The van der Waals surface area contributed by atoms with Crippen LogP contribution in [0.3, 0.4) is 0 Å². The summed E-state index contributed by atoms with van der Waals surface area (Å²) in [6.07, 6.45) is 12.4. The fraction of sp³-hybridized carbons (Fsp3) is 0.704. The lowest BCUT2D eigenvalue weighted by Crippen LogP contribution is -2.57. The molecule has 0 unspecified atom stereocenters. The van der Waals surface area contributed by atoms with E-state index in [1.54, 1.807) is 0 Å². The van der Waals surface area contributed by atoms with Crippen LogP contribution in [0.4, 0.5) is 0 Å². The van der Waals surface area contributed by atoms with E-state index < -0.39 is 29.0 Å². The molecule has 8 nitrogen and oxygen atoms in total. The van der Waals surface area contributed by atoms with Crippen LogP contribution in [0, 0.1) is 11.3 Å². The molecule has 2 aliphatic carbocycles. The Morgan fingerprint density at radius 2 is 2.00 bits per heavy atom. The van der Waals surface area contributed by atoms with E-state index in [9.17, 15) is 14.4 Å². The van der Waals surface area contributed by atoms with Gasteiger partial charge in [-0.15, -0.1) is 0 Å². The second-order valence-corrected chi connectivity index (χ2v) is 12.4. The van der Waals surface area contributed by atoms with E-state index in [4.69, 9.17) is 22.2 Å². The number of halogens is 1. The molecule has 1 saturated heterocycles. The highest BCUT2D eigenvalue weighted by Gasteiger charge is 2.55. The predicted molar refractivity (Wildman–Crippen MR) is 139 cm³/mol. The highest BCUT2D eigenvalue weighted by atomic mass is 35.5. The topological polar surface area (TPSA) is 114 Å². The van der Waals surface area contributed by atoms with Crippen molar-refractivity contribution in [1.82, 2.24) is 10.2 Å². The Hall–Kier alpha value is -2.35. The molecule has 0 aromatic carbocycles. The van der Waals surface area contributed by atoms with Crippen LogP contribution in [-0.2, 0) is 19.2 Å². The van der Waals surface area contributed by atoms with Gasteiger partial charge >= 0.3 is 0 Å². The van der Waals surface area contributed by atoms with Crippen LogP contribution >= 0.6 is 11.6 Å². The molecule has 36 heavy (non-hydrogen) atoms. The van der Waals surface area contributed by atoms with Crippen LogP contribution in [0.2, 0.25) is 0 Å². The summed E-state index contributed by atoms with van der Waals surface area (Å²) < 4.78 is 0. The summed E-state index contributed by atoms with van der Waals surface area (Å²) in [5.41, 5.74) is 6.07. The van der Waals surface area contributed by atoms with Gasteiger partial charge in [-0.3, -0.25) is 14.4 Å². The van der Waals surface area contributed by atoms with Gasteiger partial charge in [0.2, 0.25) is 17.7 Å². The van der Waals surface area contributed by atoms with E-state index >= 15 is 0 Å². The molecule has 3 N–H and O–H groups in total. The van der Waals surface area contributed by atoms with E-state index in [2.05, 4.69) is 16.5 Å². The number of hydrogen-bond acceptors (Lipinski definition) is 5. The average Bonchev–Trinajstić information content (AvgIpc) is 3.41. The summed E-state index contributed by atoms with van der Waals surface area (Å²) in [5.74, 6) is -0.646. The Labute approximate surface area is 218 Å². The van der Waals surface area contributed by atoms with Crippen molar-refractivity contribution < 1.29 is 19.2 Å². The maximum Gasteiger partial charge on any atom is 0.246 e. The first kappa shape index (κ1) is 26.7. The molecule has 0 radical (unpaired) electrons. The van der Waals surface area contributed by atoms with E-state index in [0.29, 0.717) is 18.8 Å². The molecule has 9 heteroatoms. The van der Waals surface area contributed by atoms with Gasteiger partial charge in [0, 0.05) is 24.3 Å². The SMILES string of the molecule is CC(C)(C)[C@H](NC(=O)CC1CCCCC1)C(=O)N1C[C@@]2(CC(C3=CCCC(Cl)=C3)=NO2)C[C@H]1C(N)=O. The van der Waals surface area contributed by atoms with Crippen molar-refractivity contribution in [2.24, 2.45) is 22.2 Å². The highest BCUT2D eigenvalue weighted by molar-refractivity contribution is 6.30. The number of oxime groups is 1. The van der Waals surface area contributed by atoms with Crippen molar-refractivity contribution >= 4 is 35.0 Å². The number of allylic oxidation sites excluding steroid dienone is 4. The first-order valence-electron chi connectivity index (χ1n) is 13.2. The zero-order chi connectivity index (χ0) is 26.1. The smallest absolute Gasteiger partial charge is 0.246 e. The molecule has 0 bridgehead atoms. The van der Waals surface area contributed by atoms with Crippen LogP contribution in [0.5, 0.6) is 0 Å². The normalized spacial score (nSPS) is 27.7. The van der Waals surface area contributed by atoms with E-state index in [0.717, 1.165) is 54.8 Å². The lowest BCUT2D eigenvalue weighted by atomic mass is 9.84. The van der Waals surface area contributed by atoms with Crippen LogP contribution in [-0.4, -0.2) is 52.6 Å². The number of primary amides is 1. The van der Waals surface area contributed by atoms with Crippen molar-refractivity contribution in [3.8, 4) is 0 Å². The number of rotatable bonds is 6. The largest absolute Gasteiger partial charge is 0.387 e. The number of nitrogens with two attached hydrogens (primary N) is 1. The third kappa shape index (κ3) is 5.96. The van der Waals surface area contributed by atoms with Crippen LogP contribution < -0.4 is 11.1 Å². The molecule has 2 heterocycles. The Kier molecular flexibility index (Phi) is 7.83. The molecular weight excluding hydrogens is 480 g/mol. The quantitative estimate of drug-likeness (QED) is 0.554. The van der Waals surface area contributed by atoms with Gasteiger partial charge in [0.05, 0.1) is 12.3 Å². The molecule has 198 valence electrons. The molecule has 0 aromatic rings. The van der Waals surface area contributed by atoms with Crippen molar-refractivity contribution in [3.63, 3.8) is 0 Å². The molecule has 2 fully saturated rings. The summed E-state index contributed by atoms with van der Waals surface area (Å²) in [6.45, 7) is 5.93. The third-order valence-corrected chi connectivity index (χ3v) is 8.16. The summed E-state index contributed by atoms with van der Waals surface area (Å²) in [6, 6.07) is -1.61. The second-order valence-electron chi connectivity index (χ2n) is 11.9. The number of amides is 3. The Bertz CT molecular complexity index is 992. The van der Waals surface area contributed by atoms with Crippen LogP contribution in [0.15, 0.2) is 27.9 Å². The molecule has 2 aliphatic heterocycles. The van der Waals surface area contributed by atoms with E-state index in [1.807, 2.05) is 26.8 Å². The number of likely N-dealkylation sites (tertiary alicyclic amines) is 1. The van der Waals surface area contributed by atoms with E-state index in [1.165, 1.54) is 11.3 Å². The summed E-state index contributed by atoms with van der Waals surface area (Å²) >= 11 is 6.23. The summed E-state index contributed by atoms with van der Waals surface area (Å²) in [5, 5.41) is 8.08. The van der Waals surface area contributed by atoms with Gasteiger partial charge in [0.25, 0.3) is 0 Å². The lowest BCUT2D eigenvalue weighted by Gasteiger charge is -2.35. The molecule has 0 aromatic heterocycles. The first-order chi connectivity index (χ1) is 17.0. The minimum Gasteiger partial charge on any atom is -0.387 e. The number of carbonyl (C=O) groups is 3. The summed E-state index contributed by atoms with van der Waals surface area (Å²) in [7, 11) is 0. The van der Waals surface area contributed by atoms with Gasteiger partial charge in [0.1, 0.15) is 12.1 Å². The zero-order valence-corrected chi connectivity index (χ0v) is 22.4. The van der Waals surface area contributed by atoms with Gasteiger partial charge in [-0.2, -0.15) is 0 Å².